The Kier molecular flexibility index (Phi) is 10.1. The lowest BCUT2D eigenvalue weighted by Gasteiger charge is -2.31. The van der Waals surface area contributed by atoms with Crippen LogP contribution in [0.1, 0.15) is 17.5 Å². The second-order valence-electron chi connectivity index (χ2n) is 7.67. The van der Waals surface area contributed by atoms with Gasteiger partial charge in [0.15, 0.2) is 0 Å². The third kappa shape index (κ3) is 9.85. The summed E-state index contributed by atoms with van der Waals surface area (Å²) in [7, 11) is 0. The highest BCUT2D eigenvalue weighted by Crippen LogP contribution is 2.08. The third-order valence-electron chi connectivity index (χ3n) is 5.20. The molecule has 1 fully saturated rings. The molecule has 2 rings (SSSR count). The summed E-state index contributed by atoms with van der Waals surface area (Å²) in [5.41, 5.74) is 2.52. The highest BCUT2D eigenvalue weighted by atomic mass is 16.4. The van der Waals surface area contributed by atoms with Crippen molar-refractivity contribution in [2.45, 2.75) is 19.9 Å². The molecule has 162 valence electrons. The van der Waals surface area contributed by atoms with Gasteiger partial charge in [-0.25, -0.2) is 0 Å². The SMILES string of the molecule is Cc1ccc(CN2CCNCCN(CC(=O)O)CCN(CCC(=O)O)CC2)cc1. The zero-order valence-corrected chi connectivity index (χ0v) is 17.3. The second kappa shape index (κ2) is 12.5. The van der Waals surface area contributed by atoms with E-state index in [1.807, 2.05) is 4.90 Å². The quantitative estimate of drug-likeness (QED) is 0.605. The van der Waals surface area contributed by atoms with Gasteiger partial charge in [0.2, 0.25) is 0 Å². The summed E-state index contributed by atoms with van der Waals surface area (Å²) >= 11 is 0. The molecule has 0 unspecified atom stereocenters. The predicted molar refractivity (Wildman–Crippen MR) is 112 cm³/mol. The van der Waals surface area contributed by atoms with Crippen LogP contribution in [0.5, 0.6) is 0 Å². The van der Waals surface area contributed by atoms with E-state index in [1.54, 1.807) is 0 Å². The number of aliphatic carboxylic acids is 2. The van der Waals surface area contributed by atoms with E-state index in [4.69, 9.17) is 10.2 Å². The van der Waals surface area contributed by atoms with E-state index in [0.717, 1.165) is 39.3 Å². The van der Waals surface area contributed by atoms with Crippen LogP contribution in [0.4, 0.5) is 0 Å². The van der Waals surface area contributed by atoms with E-state index < -0.39 is 11.9 Å². The van der Waals surface area contributed by atoms with Gasteiger partial charge in [-0.2, -0.15) is 0 Å². The summed E-state index contributed by atoms with van der Waals surface area (Å²) in [5, 5.41) is 21.6. The average molecular weight is 407 g/mol. The number of hydrogen-bond donors (Lipinski definition) is 3. The topological polar surface area (TPSA) is 96.4 Å². The molecule has 1 aliphatic rings. The number of benzene rings is 1. The van der Waals surface area contributed by atoms with Crippen LogP contribution in [0.25, 0.3) is 0 Å². The Morgan fingerprint density at radius 2 is 1.45 bits per heavy atom. The highest BCUT2D eigenvalue weighted by molar-refractivity contribution is 5.69. The smallest absolute Gasteiger partial charge is 0.317 e. The minimum Gasteiger partial charge on any atom is -0.481 e. The largest absolute Gasteiger partial charge is 0.481 e. The number of carbonyl (C=O) groups is 2. The maximum absolute atomic E-state index is 11.1. The van der Waals surface area contributed by atoms with Gasteiger partial charge in [0.05, 0.1) is 13.0 Å². The summed E-state index contributed by atoms with van der Waals surface area (Å²) < 4.78 is 0. The summed E-state index contributed by atoms with van der Waals surface area (Å²) in [6.45, 7) is 9.44. The number of rotatable bonds is 7. The average Bonchev–Trinajstić information content (AvgIpc) is 2.66. The molecule has 8 nitrogen and oxygen atoms in total. The Balaban J connectivity index is 1.99. The number of hydrogen-bond acceptors (Lipinski definition) is 6. The van der Waals surface area contributed by atoms with Gasteiger partial charge in [-0.1, -0.05) is 29.8 Å². The van der Waals surface area contributed by atoms with Gasteiger partial charge < -0.3 is 20.4 Å². The van der Waals surface area contributed by atoms with Crippen molar-refractivity contribution < 1.29 is 19.8 Å². The van der Waals surface area contributed by atoms with Crippen molar-refractivity contribution in [3.05, 3.63) is 35.4 Å². The molecule has 0 saturated carbocycles. The molecule has 0 amide bonds. The highest BCUT2D eigenvalue weighted by Gasteiger charge is 2.16. The molecule has 1 heterocycles. The molecule has 1 saturated heterocycles. The molecule has 1 aromatic rings. The molecule has 1 aliphatic heterocycles. The van der Waals surface area contributed by atoms with Crippen LogP contribution in [-0.2, 0) is 16.1 Å². The summed E-state index contributed by atoms with van der Waals surface area (Å²) in [5.74, 6) is -1.64. The molecule has 0 aromatic heterocycles. The zero-order chi connectivity index (χ0) is 21.1. The molecular weight excluding hydrogens is 372 g/mol. The van der Waals surface area contributed by atoms with Crippen LogP contribution >= 0.6 is 0 Å². The molecule has 29 heavy (non-hydrogen) atoms. The number of nitrogens with one attached hydrogen (secondary N) is 1. The molecule has 8 heteroatoms. The first-order valence-corrected chi connectivity index (χ1v) is 10.3. The Morgan fingerprint density at radius 1 is 0.862 bits per heavy atom. The van der Waals surface area contributed by atoms with Crippen molar-refractivity contribution in [3.63, 3.8) is 0 Å². The molecule has 0 bridgehead atoms. The van der Waals surface area contributed by atoms with Gasteiger partial charge >= 0.3 is 11.9 Å². The predicted octanol–water partition coefficient (Wildman–Crippen LogP) is 0.564. The fraction of sp³-hybridized carbons (Fsp3) is 0.619. The van der Waals surface area contributed by atoms with E-state index in [0.29, 0.717) is 26.2 Å². The maximum atomic E-state index is 11.1. The van der Waals surface area contributed by atoms with Crippen LogP contribution in [-0.4, -0.2) is 102 Å². The Bertz CT molecular complexity index is 638. The minimum atomic E-state index is -0.835. The monoisotopic (exact) mass is 406 g/mol. The first kappa shape index (κ1) is 23.3. The third-order valence-corrected chi connectivity index (χ3v) is 5.20. The van der Waals surface area contributed by atoms with Crippen LogP contribution in [0, 0.1) is 6.92 Å². The molecule has 1 aromatic carbocycles. The zero-order valence-electron chi connectivity index (χ0n) is 17.3. The van der Waals surface area contributed by atoms with Gasteiger partial charge in [-0.05, 0) is 12.5 Å². The lowest BCUT2D eigenvalue weighted by molar-refractivity contribution is -0.138. The molecule has 0 atom stereocenters. The molecular formula is C21H34N4O4. The van der Waals surface area contributed by atoms with Crippen molar-refractivity contribution in [2.75, 3.05) is 65.4 Å². The lowest BCUT2D eigenvalue weighted by Crippen LogP contribution is -2.46. The van der Waals surface area contributed by atoms with Crippen molar-refractivity contribution in [1.29, 1.82) is 0 Å². The second-order valence-corrected chi connectivity index (χ2v) is 7.67. The van der Waals surface area contributed by atoms with Crippen LogP contribution < -0.4 is 5.32 Å². The maximum Gasteiger partial charge on any atom is 0.317 e. The summed E-state index contributed by atoms with van der Waals surface area (Å²) in [6, 6.07) is 8.57. The summed E-state index contributed by atoms with van der Waals surface area (Å²) in [4.78, 5) is 28.6. The minimum absolute atomic E-state index is 0.00794. The van der Waals surface area contributed by atoms with E-state index in [2.05, 4.69) is 46.3 Å². The van der Waals surface area contributed by atoms with Crippen molar-refractivity contribution >= 4 is 11.9 Å². The van der Waals surface area contributed by atoms with Crippen molar-refractivity contribution in [3.8, 4) is 0 Å². The number of carboxylic acids is 2. The summed E-state index contributed by atoms with van der Waals surface area (Å²) in [6.07, 6.45) is 0.0957. The van der Waals surface area contributed by atoms with E-state index in [1.165, 1.54) is 11.1 Å². The molecule has 0 spiro atoms. The Morgan fingerprint density at radius 3 is 2.07 bits per heavy atom. The molecule has 0 radical (unpaired) electrons. The number of aryl methyl sites for hydroxylation is 1. The van der Waals surface area contributed by atoms with Gasteiger partial charge in [-0.15, -0.1) is 0 Å². The molecule has 0 aliphatic carbocycles. The Labute approximate surface area is 173 Å². The van der Waals surface area contributed by atoms with Gasteiger partial charge in [0.1, 0.15) is 0 Å². The first-order chi connectivity index (χ1) is 13.9. The van der Waals surface area contributed by atoms with E-state index in [9.17, 15) is 9.59 Å². The van der Waals surface area contributed by atoms with Crippen LogP contribution in [0.3, 0.4) is 0 Å². The van der Waals surface area contributed by atoms with Gasteiger partial charge in [0, 0.05) is 65.4 Å². The van der Waals surface area contributed by atoms with E-state index >= 15 is 0 Å². The Hall–Kier alpha value is -2.00. The lowest BCUT2D eigenvalue weighted by atomic mass is 10.1. The number of nitrogens with zero attached hydrogens (tertiary/aromatic N) is 3. The normalized spacial score (nSPS) is 18.7. The standard InChI is InChI=1S/C21H34N4O4/c1-18-2-4-19(5-3-18)16-24-10-7-22-8-11-25(17-21(28)29)15-13-23(12-14-24)9-6-20(26)27/h2-5,22H,6-17H2,1H3,(H,26,27)(H,28,29). The first-order valence-electron chi connectivity index (χ1n) is 10.3. The fourth-order valence-electron chi connectivity index (χ4n) is 3.44. The van der Waals surface area contributed by atoms with Crippen molar-refractivity contribution in [1.82, 2.24) is 20.0 Å². The van der Waals surface area contributed by atoms with Gasteiger partial charge in [0.25, 0.3) is 0 Å². The fourth-order valence-corrected chi connectivity index (χ4v) is 3.44. The van der Waals surface area contributed by atoms with Gasteiger partial charge in [-0.3, -0.25) is 19.4 Å². The number of carboxylic acid groups (broad SMARTS) is 2. The molecule has 3 N–H and O–H groups in total. The van der Waals surface area contributed by atoms with E-state index in [-0.39, 0.29) is 13.0 Å². The van der Waals surface area contributed by atoms with Crippen molar-refractivity contribution in [2.24, 2.45) is 0 Å². The van der Waals surface area contributed by atoms with Crippen LogP contribution in [0.2, 0.25) is 0 Å². The van der Waals surface area contributed by atoms with Crippen LogP contribution in [0.15, 0.2) is 24.3 Å².